The lowest BCUT2D eigenvalue weighted by atomic mass is 10.1. The fourth-order valence-electron chi connectivity index (χ4n) is 3.52. The predicted octanol–water partition coefficient (Wildman–Crippen LogP) is 3.80. The van der Waals surface area contributed by atoms with Gasteiger partial charge in [0.1, 0.15) is 12.3 Å². The number of furan rings is 1. The Hall–Kier alpha value is -2.34. The van der Waals surface area contributed by atoms with Crippen molar-refractivity contribution in [3.8, 4) is 0 Å². The number of benzene rings is 1. The molecule has 0 saturated carbocycles. The molecule has 1 aliphatic heterocycles. The van der Waals surface area contributed by atoms with Gasteiger partial charge in [0, 0.05) is 6.54 Å². The van der Waals surface area contributed by atoms with E-state index < -0.39 is 0 Å². The van der Waals surface area contributed by atoms with Crippen molar-refractivity contribution in [2.75, 3.05) is 6.54 Å². The fourth-order valence-corrected chi connectivity index (χ4v) is 4.51. The molecule has 0 radical (unpaired) electrons. The second-order valence-corrected chi connectivity index (χ2v) is 7.46. The van der Waals surface area contributed by atoms with Crippen LogP contribution in [0, 0.1) is 0 Å². The van der Waals surface area contributed by atoms with Gasteiger partial charge in [-0.2, -0.15) is 0 Å². The van der Waals surface area contributed by atoms with E-state index >= 15 is 0 Å². The summed E-state index contributed by atoms with van der Waals surface area (Å²) in [7, 11) is 0. The Morgan fingerprint density at radius 1 is 1.16 bits per heavy atom. The summed E-state index contributed by atoms with van der Waals surface area (Å²) in [6.07, 6.45) is 5.74. The van der Waals surface area contributed by atoms with Gasteiger partial charge < -0.3 is 9.32 Å². The SMILES string of the molecule is O=C(Cn1sc2ccccc2c1=O)N1CCCCCC1c1ccco1. The van der Waals surface area contributed by atoms with Gasteiger partial charge in [-0.3, -0.25) is 13.5 Å². The van der Waals surface area contributed by atoms with E-state index in [-0.39, 0.29) is 24.1 Å². The third-order valence-corrected chi connectivity index (χ3v) is 5.84. The first-order chi connectivity index (χ1) is 12.2. The number of carbonyl (C=O) groups excluding carboxylic acids is 1. The Balaban J connectivity index is 1.61. The van der Waals surface area contributed by atoms with E-state index in [1.54, 1.807) is 10.2 Å². The van der Waals surface area contributed by atoms with Gasteiger partial charge in [-0.05, 0) is 37.1 Å². The second kappa shape index (κ2) is 6.88. The molecule has 1 unspecified atom stereocenters. The minimum absolute atomic E-state index is 0.0167. The van der Waals surface area contributed by atoms with Crippen molar-refractivity contribution in [1.29, 1.82) is 0 Å². The minimum atomic E-state index is -0.0849. The van der Waals surface area contributed by atoms with Crippen molar-refractivity contribution < 1.29 is 9.21 Å². The number of hydrogen-bond acceptors (Lipinski definition) is 4. The van der Waals surface area contributed by atoms with E-state index in [1.165, 1.54) is 11.5 Å². The number of fused-ring (bicyclic) bond motifs is 1. The summed E-state index contributed by atoms with van der Waals surface area (Å²) in [5, 5.41) is 0.679. The number of amides is 1. The Labute approximate surface area is 149 Å². The number of likely N-dealkylation sites (tertiary alicyclic amines) is 1. The molecule has 130 valence electrons. The average molecular weight is 356 g/mol. The van der Waals surface area contributed by atoms with Crippen molar-refractivity contribution in [3.05, 3.63) is 58.8 Å². The van der Waals surface area contributed by atoms with Crippen LogP contribution in [0.25, 0.3) is 10.1 Å². The van der Waals surface area contributed by atoms with E-state index in [0.29, 0.717) is 11.9 Å². The Morgan fingerprint density at radius 3 is 2.84 bits per heavy atom. The highest BCUT2D eigenvalue weighted by Gasteiger charge is 2.29. The van der Waals surface area contributed by atoms with Crippen LogP contribution in [0.5, 0.6) is 0 Å². The third kappa shape index (κ3) is 3.14. The number of rotatable bonds is 3. The van der Waals surface area contributed by atoms with Gasteiger partial charge in [0.05, 0.1) is 22.4 Å². The molecule has 6 heteroatoms. The van der Waals surface area contributed by atoms with Gasteiger partial charge in [0.15, 0.2) is 0 Å². The summed E-state index contributed by atoms with van der Waals surface area (Å²) >= 11 is 1.35. The molecule has 0 bridgehead atoms. The van der Waals surface area contributed by atoms with Crippen LogP contribution in [-0.2, 0) is 11.3 Å². The largest absolute Gasteiger partial charge is 0.467 e. The summed E-state index contributed by atoms with van der Waals surface area (Å²) in [6, 6.07) is 11.2. The van der Waals surface area contributed by atoms with Crippen LogP contribution in [-0.4, -0.2) is 21.3 Å². The van der Waals surface area contributed by atoms with E-state index in [4.69, 9.17) is 4.42 Å². The van der Waals surface area contributed by atoms with Crippen LogP contribution < -0.4 is 5.56 Å². The van der Waals surface area contributed by atoms with Crippen molar-refractivity contribution in [2.45, 2.75) is 38.3 Å². The minimum Gasteiger partial charge on any atom is -0.467 e. The van der Waals surface area contributed by atoms with Gasteiger partial charge >= 0.3 is 0 Å². The van der Waals surface area contributed by atoms with Crippen molar-refractivity contribution in [2.24, 2.45) is 0 Å². The van der Waals surface area contributed by atoms with E-state index in [9.17, 15) is 9.59 Å². The maximum atomic E-state index is 13.0. The zero-order valence-electron chi connectivity index (χ0n) is 13.9. The highest BCUT2D eigenvalue weighted by atomic mass is 32.1. The average Bonchev–Trinajstić information content (AvgIpc) is 3.18. The van der Waals surface area contributed by atoms with Crippen molar-refractivity contribution in [1.82, 2.24) is 8.86 Å². The fraction of sp³-hybridized carbons (Fsp3) is 0.368. The zero-order valence-corrected chi connectivity index (χ0v) is 14.7. The molecule has 1 fully saturated rings. The highest BCUT2D eigenvalue weighted by Crippen LogP contribution is 2.30. The molecule has 0 spiro atoms. The quantitative estimate of drug-likeness (QED) is 0.717. The summed E-state index contributed by atoms with van der Waals surface area (Å²) in [5.74, 6) is 0.816. The van der Waals surface area contributed by atoms with Crippen LogP contribution in [0.3, 0.4) is 0 Å². The van der Waals surface area contributed by atoms with E-state index in [1.807, 2.05) is 41.3 Å². The first-order valence-electron chi connectivity index (χ1n) is 8.66. The molecular formula is C19H20N2O3S. The lowest BCUT2D eigenvalue weighted by molar-refractivity contribution is -0.134. The molecule has 3 heterocycles. The lowest BCUT2D eigenvalue weighted by Gasteiger charge is -2.28. The molecule has 0 aliphatic carbocycles. The van der Waals surface area contributed by atoms with Crippen LogP contribution in [0.4, 0.5) is 0 Å². The van der Waals surface area contributed by atoms with Crippen LogP contribution in [0.15, 0.2) is 51.9 Å². The molecule has 1 aliphatic rings. The molecule has 4 rings (SSSR count). The van der Waals surface area contributed by atoms with Crippen molar-refractivity contribution in [3.63, 3.8) is 0 Å². The molecule has 1 saturated heterocycles. The molecule has 1 aromatic carbocycles. The smallest absolute Gasteiger partial charge is 0.268 e. The van der Waals surface area contributed by atoms with Crippen molar-refractivity contribution >= 4 is 27.5 Å². The molecule has 2 aromatic heterocycles. The van der Waals surface area contributed by atoms with Crippen LogP contribution >= 0.6 is 11.5 Å². The van der Waals surface area contributed by atoms with Crippen LogP contribution in [0.1, 0.15) is 37.5 Å². The Morgan fingerprint density at radius 2 is 2.04 bits per heavy atom. The maximum Gasteiger partial charge on any atom is 0.268 e. The zero-order chi connectivity index (χ0) is 17.2. The summed E-state index contributed by atoms with van der Waals surface area (Å²) in [4.78, 5) is 27.4. The summed E-state index contributed by atoms with van der Waals surface area (Å²) in [6.45, 7) is 0.805. The molecule has 25 heavy (non-hydrogen) atoms. The van der Waals surface area contributed by atoms with Gasteiger partial charge in [0.2, 0.25) is 5.91 Å². The van der Waals surface area contributed by atoms with E-state index in [0.717, 1.165) is 36.1 Å². The number of nitrogens with zero attached hydrogens (tertiary/aromatic N) is 2. The third-order valence-electron chi connectivity index (χ3n) is 4.78. The molecule has 5 nitrogen and oxygen atoms in total. The molecule has 0 N–H and O–H groups in total. The standard InChI is InChI=1S/C19H20N2O3S/c22-18(13-21-19(23)14-7-3-4-10-17(14)25-21)20-11-5-1-2-8-15(20)16-9-6-12-24-16/h3-4,6-7,9-10,12,15H,1-2,5,8,11,13H2. The van der Waals surface area contributed by atoms with Gasteiger partial charge in [-0.1, -0.05) is 36.5 Å². The first-order valence-corrected chi connectivity index (χ1v) is 9.43. The molecular weight excluding hydrogens is 336 g/mol. The summed E-state index contributed by atoms with van der Waals surface area (Å²) < 4.78 is 8.05. The lowest BCUT2D eigenvalue weighted by Crippen LogP contribution is -2.38. The first kappa shape index (κ1) is 16.1. The second-order valence-electron chi connectivity index (χ2n) is 6.40. The Kier molecular flexibility index (Phi) is 4.44. The molecule has 1 amide bonds. The van der Waals surface area contributed by atoms with Crippen LogP contribution in [0.2, 0.25) is 0 Å². The maximum absolute atomic E-state index is 13.0. The van der Waals surface area contributed by atoms with E-state index in [2.05, 4.69) is 0 Å². The summed E-state index contributed by atoms with van der Waals surface area (Å²) in [5.41, 5.74) is -0.0849. The highest BCUT2D eigenvalue weighted by molar-refractivity contribution is 7.13. The number of hydrogen-bond donors (Lipinski definition) is 0. The number of carbonyl (C=O) groups is 1. The monoisotopic (exact) mass is 356 g/mol. The predicted molar refractivity (Wildman–Crippen MR) is 97.7 cm³/mol. The molecule has 3 aromatic rings. The van der Waals surface area contributed by atoms with Gasteiger partial charge in [0.25, 0.3) is 5.56 Å². The molecule has 1 atom stereocenters. The number of aromatic nitrogens is 1. The normalized spacial score (nSPS) is 18.4. The van der Waals surface area contributed by atoms with Gasteiger partial charge in [-0.15, -0.1) is 0 Å². The topological polar surface area (TPSA) is 55.5 Å². The Bertz CT molecular complexity index is 926. The van der Waals surface area contributed by atoms with Gasteiger partial charge in [-0.25, -0.2) is 0 Å².